The normalized spacial score (nSPS) is 14.9. The van der Waals surface area contributed by atoms with Crippen LogP contribution in [0, 0.1) is 6.92 Å². The van der Waals surface area contributed by atoms with E-state index in [4.69, 9.17) is 4.98 Å². The molecule has 180 valence electrons. The number of pyridine rings is 1. The van der Waals surface area contributed by atoms with Crippen molar-refractivity contribution >= 4 is 51.4 Å². The lowest BCUT2D eigenvalue weighted by molar-refractivity contribution is 0.0716. The fourth-order valence-electron chi connectivity index (χ4n) is 3.88. The molecule has 0 unspecified atom stereocenters. The van der Waals surface area contributed by atoms with E-state index in [1.807, 2.05) is 42.3 Å². The molecule has 0 saturated carbocycles. The van der Waals surface area contributed by atoms with Crippen molar-refractivity contribution in [1.82, 2.24) is 20.1 Å². The Labute approximate surface area is 212 Å². The third-order valence-corrected chi connectivity index (χ3v) is 9.18. The molecule has 0 aromatic carbocycles. The van der Waals surface area contributed by atoms with Gasteiger partial charge in [-0.3, -0.25) is 19.9 Å². The summed E-state index contributed by atoms with van der Waals surface area (Å²) in [5.41, 5.74) is 2.11. The van der Waals surface area contributed by atoms with Gasteiger partial charge in [-0.2, -0.15) is 0 Å². The van der Waals surface area contributed by atoms with Crippen molar-refractivity contribution in [1.29, 1.82) is 0 Å². The van der Waals surface area contributed by atoms with Gasteiger partial charge in [0.05, 0.1) is 20.3 Å². The van der Waals surface area contributed by atoms with Crippen molar-refractivity contribution in [3.8, 4) is 0 Å². The van der Waals surface area contributed by atoms with Crippen LogP contribution < -0.4 is 5.32 Å². The van der Waals surface area contributed by atoms with E-state index in [0.717, 1.165) is 38.3 Å². The zero-order chi connectivity index (χ0) is 24.5. The van der Waals surface area contributed by atoms with Crippen LogP contribution in [0.2, 0.25) is 0 Å². The summed E-state index contributed by atoms with van der Waals surface area (Å²) in [4.78, 5) is 33.5. The number of aromatic nitrogens is 3. The van der Waals surface area contributed by atoms with E-state index < -0.39 is 0 Å². The highest BCUT2D eigenvalue weighted by Gasteiger charge is 2.29. The highest BCUT2D eigenvalue weighted by molar-refractivity contribution is 8.00. The minimum absolute atomic E-state index is 0.0878. The largest absolute Gasteiger partial charge is 0.338 e. The van der Waals surface area contributed by atoms with Crippen LogP contribution >= 0.6 is 34.4 Å². The van der Waals surface area contributed by atoms with E-state index in [1.165, 1.54) is 11.3 Å². The fraction of sp³-hybridized carbons (Fsp3) is 0.458. The topological polar surface area (TPSA) is 88.1 Å². The van der Waals surface area contributed by atoms with Crippen LogP contribution in [0.15, 0.2) is 28.5 Å². The molecule has 0 bridgehead atoms. The van der Waals surface area contributed by atoms with Crippen molar-refractivity contribution in [2.45, 2.75) is 56.1 Å². The average Bonchev–Trinajstić information content (AvgIpc) is 3.48. The first-order chi connectivity index (χ1) is 16.2. The summed E-state index contributed by atoms with van der Waals surface area (Å²) < 4.78 is 1.14. The number of piperidine rings is 1. The highest BCUT2D eigenvalue weighted by atomic mass is 32.2. The van der Waals surface area contributed by atoms with Gasteiger partial charge in [0.25, 0.3) is 11.8 Å². The molecule has 10 heteroatoms. The molecule has 1 aliphatic rings. The van der Waals surface area contributed by atoms with E-state index >= 15 is 0 Å². The van der Waals surface area contributed by atoms with E-state index in [1.54, 1.807) is 23.1 Å². The number of thiophene rings is 1. The summed E-state index contributed by atoms with van der Waals surface area (Å²) >= 11 is 4.59. The molecule has 1 aliphatic heterocycles. The number of carbonyl (C=O) groups is 2. The summed E-state index contributed by atoms with van der Waals surface area (Å²) in [6.45, 7) is 9.44. The van der Waals surface area contributed by atoms with Crippen molar-refractivity contribution in [2.75, 3.05) is 24.7 Å². The third-order valence-electron chi connectivity index (χ3n) is 5.76. The van der Waals surface area contributed by atoms with Crippen LogP contribution in [0.3, 0.4) is 0 Å². The molecule has 4 heterocycles. The zero-order valence-corrected chi connectivity index (χ0v) is 22.5. The molecular weight excluding hydrogens is 486 g/mol. The second-order valence-corrected chi connectivity index (χ2v) is 12.6. The van der Waals surface area contributed by atoms with Crippen LogP contribution in [0.1, 0.15) is 76.0 Å². The standard InChI is InChI=1S/C24H29N5O2S3/c1-14-6-7-16(20(30)26-23-28-27-22(34-23)24(2,3)4)19(25-14)15-10-12-29(13-11-15)21(31)17-8-9-18(32-5)33-17/h6-9,15H,10-13H2,1-5H3,(H,26,28,30). The Morgan fingerprint density at radius 2 is 1.82 bits per heavy atom. The number of nitrogens with zero attached hydrogens (tertiary/aromatic N) is 4. The van der Waals surface area contributed by atoms with Crippen LogP contribution in [0.25, 0.3) is 0 Å². The van der Waals surface area contributed by atoms with Crippen molar-refractivity contribution in [3.05, 3.63) is 51.1 Å². The minimum Gasteiger partial charge on any atom is -0.338 e. The summed E-state index contributed by atoms with van der Waals surface area (Å²) in [5.74, 6) is -0.0139. The molecule has 34 heavy (non-hydrogen) atoms. The van der Waals surface area contributed by atoms with Crippen LogP contribution in [0.4, 0.5) is 5.13 Å². The van der Waals surface area contributed by atoms with Crippen molar-refractivity contribution in [3.63, 3.8) is 0 Å². The molecule has 0 spiro atoms. The lowest BCUT2D eigenvalue weighted by Gasteiger charge is -2.32. The molecule has 1 saturated heterocycles. The molecule has 0 aliphatic carbocycles. The second kappa shape index (κ2) is 10.1. The van der Waals surface area contributed by atoms with E-state index in [9.17, 15) is 9.59 Å². The maximum Gasteiger partial charge on any atom is 0.263 e. The van der Waals surface area contributed by atoms with Crippen LogP contribution in [-0.4, -0.2) is 51.2 Å². The van der Waals surface area contributed by atoms with Gasteiger partial charge in [-0.05, 0) is 50.3 Å². The van der Waals surface area contributed by atoms with E-state index in [-0.39, 0.29) is 23.1 Å². The first kappa shape index (κ1) is 24.8. The SMILES string of the molecule is CSc1ccc(C(=O)N2CCC(c3nc(C)ccc3C(=O)Nc3nnc(C(C)(C)C)s3)CC2)s1. The smallest absolute Gasteiger partial charge is 0.263 e. The molecule has 7 nitrogen and oxygen atoms in total. The third kappa shape index (κ3) is 5.50. The molecule has 0 atom stereocenters. The van der Waals surface area contributed by atoms with Gasteiger partial charge in [-0.25, -0.2) is 0 Å². The number of aryl methyl sites for hydroxylation is 1. The molecule has 0 radical (unpaired) electrons. The quantitative estimate of drug-likeness (QED) is 0.445. The number of anilines is 1. The highest BCUT2D eigenvalue weighted by Crippen LogP contribution is 2.33. The number of carbonyl (C=O) groups excluding carboxylic acids is 2. The first-order valence-electron chi connectivity index (χ1n) is 11.2. The Kier molecular flexibility index (Phi) is 7.39. The fourth-order valence-corrected chi connectivity index (χ4v) is 6.19. The van der Waals surface area contributed by atoms with Gasteiger partial charge in [-0.1, -0.05) is 32.1 Å². The van der Waals surface area contributed by atoms with Gasteiger partial charge in [0, 0.05) is 30.1 Å². The van der Waals surface area contributed by atoms with Gasteiger partial charge < -0.3 is 4.90 Å². The van der Waals surface area contributed by atoms with Crippen molar-refractivity contribution in [2.24, 2.45) is 0 Å². The summed E-state index contributed by atoms with van der Waals surface area (Å²) in [6, 6.07) is 7.61. The Morgan fingerprint density at radius 1 is 1.09 bits per heavy atom. The molecule has 3 aromatic rings. The lowest BCUT2D eigenvalue weighted by atomic mass is 9.89. The van der Waals surface area contributed by atoms with E-state index in [0.29, 0.717) is 23.8 Å². The molecule has 2 amide bonds. The molecule has 4 rings (SSSR count). The van der Waals surface area contributed by atoms with E-state index in [2.05, 4.69) is 36.3 Å². The predicted molar refractivity (Wildman–Crippen MR) is 140 cm³/mol. The lowest BCUT2D eigenvalue weighted by Crippen LogP contribution is -2.38. The van der Waals surface area contributed by atoms with Gasteiger partial charge in [0.1, 0.15) is 5.01 Å². The summed E-state index contributed by atoms with van der Waals surface area (Å²) in [7, 11) is 0. The number of thioether (sulfide) groups is 1. The Morgan fingerprint density at radius 3 is 2.44 bits per heavy atom. The number of nitrogens with one attached hydrogen (secondary N) is 1. The number of amides is 2. The number of likely N-dealkylation sites (tertiary alicyclic amines) is 1. The predicted octanol–water partition coefficient (Wildman–Crippen LogP) is 5.59. The first-order valence-corrected chi connectivity index (χ1v) is 14.1. The number of rotatable bonds is 5. The average molecular weight is 516 g/mol. The van der Waals surface area contributed by atoms with Crippen molar-refractivity contribution < 1.29 is 9.59 Å². The van der Waals surface area contributed by atoms with Gasteiger partial charge in [0.2, 0.25) is 5.13 Å². The van der Waals surface area contributed by atoms with Crippen LogP contribution in [-0.2, 0) is 5.41 Å². The maximum absolute atomic E-state index is 13.2. The molecule has 3 aromatic heterocycles. The Balaban J connectivity index is 1.46. The molecule has 1 fully saturated rings. The Hall–Kier alpha value is -2.30. The molecular formula is C24H29N5O2S3. The van der Waals surface area contributed by atoms with Crippen LogP contribution in [0.5, 0.6) is 0 Å². The number of hydrogen-bond acceptors (Lipinski definition) is 8. The maximum atomic E-state index is 13.2. The summed E-state index contributed by atoms with van der Waals surface area (Å²) in [6.07, 6.45) is 3.56. The summed E-state index contributed by atoms with van der Waals surface area (Å²) in [5, 5.41) is 12.6. The van der Waals surface area contributed by atoms with Gasteiger partial charge in [0.15, 0.2) is 0 Å². The molecule has 1 N–H and O–H groups in total. The van der Waals surface area contributed by atoms with Gasteiger partial charge >= 0.3 is 0 Å². The second-order valence-electron chi connectivity index (χ2n) is 9.39. The monoisotopic (exact) mass is 515 g/mol. The Bertz CT molecular complexity index is 1190. The zero-order valence-electron chi connectivity index (χ0n) is 20.0. The minimum atomic E-state index is -0.221. The number of hydrogen-bond donors (Lipinski definition) is 1. The van der Waals surface area contributed by atoms with Gasteiger partial charge in [-0.15, -0.1) is 33.3 Å².